The molecule has 0 amide bonds. The molecule has 0 saturated heterocycles. The molecule has 0 saturated carbocycles. The maximum atomic E-state index is 12.4. The van der Waals surface area contributed by atoms with E-state index in [9.17, 15) is 10.1 Å². The van der Waals surface area contributed by atoms with E-state index < -0.39 is 11.9 Å². The van der Waals surface area contributed by atoms with Gasteiger partial charge in [-0.15, -0.1) is 0 Å². The number of nitrogens with two attached hydrogens (primary N) is 1. The van der Waals surface area contributed by atoms with Gasteiger partial charge in [-0.3, -0.25) is 0 Å². The molecule has 0 aromatic heterocycles. The van der Waals surface area contributed by atoms with Gasteiger partial charge in [0.1, 0.15) is 41.2 Å². The van der Waals surface area contributed by atoms with E-state index in [0.717, 1.165) is 23.1 Å². The first-order valence-electron chi connectivity index (χ1n) is 13.4. The molecule has 0 radical (unpaired) electrons. The number of ether oxygens (including phenoxy) is 4. The Hall–Kier alpha value is -5.22. The summed E-state index contributed by atoms with van der Waals surface area (Å²) in [6.45, 7) is 4.33. The summed E-state index contributed by atoms with van der Waals surface area (Å²) in [5.41, 5.74) is 11.5. The number of nitriles is 1. The number of allylic oxidation sites excluding steroid dienone is 1. The van der Waals surface area contributed by atoms with Crippen molar-refractivity contribution in [2.45, 2.75) is 32.8 Å². The van der Waals surface area contributed by atoms with Gasteiger partial charge in [-0.05, 0) is 60.4 Å². The zero-order valence-electron chi connectivity index (χ0n) is 22.9. The Labute approximate surface area is 239 Å². The Balaban J connectivity index is 1.28. The van der Waals surface area contributed by atoms with Gasteiger partial charge in [0.05, 0.1) is 5.92 Å². The van der Waals surface area contributed by atoms with E-state index in [1.54, 1.807) is 18.2 Å². The van der Waals surface area contributed by atoms with Crippen LogP contribution in [-0.2, 0) is 17.8 Å². The average molecular weight is 547 g/mol. The highest BCUT2D eigenvalue weighted by Crippen LogP contribution is 2.43. The summed E-state index contributed by atoms with van der Waals surface area (Å²) in [5.74, 6) is 0.991. The van der Waals surface area contributed by atoms with Crippen LogP contribution in [0.2, 0.25) is 0 Å². The number of aryl methyl sites for hydroxylation is 2. The minimum Gasteiger partial charge on any atom is -0.489 e. The predicted molar refractivity (Wildman–Crippen MR) is 155 cm³/mol. The van der Waals surface area contributed by atoms with Crippen molar-refractivity contribution in [3.8, 4) is 29.1 Å². The van der Waals surface area contributed by atoms with Gasteiger partial charge in [0.15, 0.2) is 6.61 Å². The average Bonchev–Trinajstić information content (AvgIpc) is 2.99. The minimum atomic E-state index is -0.556. The normalized spacial score (nSPS) is 13.9. The molecule has 5 rings (SSSR count). The van der Waals surface area contributed by atoms with Crippen LogP contribution in [0, 0.1) is 18.3 Å². The number of nitrogens with zero attached hydrogens (tertiary/aromatic N) is 1. The van der Waals surface area contributed by atoms with E-state index in [0.29, 0.717) is 29.4 Å². The molecule has 1 aliphatic rings. The Morgan fingerprint density at radius 1 is 0.878 bits per heavy atom. The van der Waals surface area contributed by atoms with Gasteiger partial charge in [0.25, 0.3) is 0 Å². The van der Waals surface area contributed by atoms with Gasteiger partial charge in [0, 0.05) is 11.6 Å². The minimum absolute atomic E-state index is 0.00651. The first-order chi connectivity index (χ1) is 19.9. The van der Waals surface area contributed by atoms with Crippen molar-refractivity contribution in [2.24, 2.45) is 5.73 Å². The van der Waals surface area contributed by atoms with Crippen molar-refractivity contribution in [2.75, 3.05) is 6.61 Å². The first kappa shape index (κ1) is 27.4. The van der Waals surface area contributed by atoms with Crippen molar-refractivity contribution in [1.29, 1.82) is 5.26 Å². The highest BCUT2D eigenvalue weighted by atomic mass is 16.6. The molecule has 0 aliphatic carbocycles. The second-order valence-corrected chi connectivity index (χ2v) is 9.73. The topological polar surface area (TPSA) is 104 Å². The molecule has 1 unspecified atom stereocenters. The molecule has 206 valence electrons. The third-order valence-electron chi connectivity index (χ3n) is 6.85. The number of benzene rings is 4. The fourth-order valence-corrected chi connectivity index (χ4v) is 4.57. The van der Waals surface area contributed by atoms with Crippen molar-refractivity contribution < 1.29 is 23.7 Å². The van der Waals surface area contributed by atoms with Crippen LogP contribution in [0.3, 0.4) is 0 Å². The summed E-state index contributed by atoms with van der Waals surface area (Å²) in [5, 5.41) is 9.88. The zero-order valence-corrected chi connectivity index (χ0v) is 22.9. The van der Waals surface area contributed by atoms with Crippen LogP contribution < -0.4 is 24.7 Å². The number of rotatable bonds is 9. The lowest BCUT2D eigenvalue weighted by atomic mass is 9.83. The fraction of sp³-hybridized carbons (Fsp3) is 0.176. The zero-order chi connectivity index (χ0) is 28.8. The van der Waals surface area contributed by atoms with Gasteiger partial charge >= 0.3 is 5.97 Å². The fourth-order valence-electron chi connectivity index (χ4n) is 4.57. The van der Waals surface area contributed by atoms with Crippen molar-refractivity contribution in [3.05, 3.63) is 130 Å². The van der Waals surface area contributed by atoms with Crippen LogP contribution in [0.25, 0.3) is 0 Å². The quantitative estimate of drug-likeness (QED) is 0.193. The lowest BCUT2D eigenvalue weighted by Gasteiger charge is -2.26. The molecule has 7 nitrogen and oxygen atoms in total. The van der Waals surface area contributed by atoms with Crippen LogP contribution in [0.15, 0.2) is 102 Å². The largest absolute Gasteiger partial charge is 0.489 e. The van der Waals surface area contributed by atoms with Crippen LogP contribution >= 0.6 is 0 Å². The van der Waals surface area contributed by atoms with Crippen LogP contribution in [0.1, 0.15) is 40.7 Å². The SMILES string of the molecule is CCc1ccc(OCC(=O)Oc2ccc3c(c2)OC(N)=C(C#N)C3c2ccc(OCc3ccc(C)cc3)cc2)cc1. The van der Waals surface area contributed by atoms with Gasteiger partial charge in [-0.25, -0.2) is 4.79 Å². The molecule has 0 fully saturated rings. The van der Waals surface area contributed by atoms with Gasteiger partial charge < -0.3 is 24.7 Å². The molecule has 0 bridgehead atoms. The Morgan fingerprint density at radius 3 is 2.20 bits per heavy atom. The van der Waals surface area contributed by atoms with E-state index in [1.165, 1.54) is 11.1 Å². The van der Waals surface area contributed by atoms with Gasteiger partial charge in [0.2, 0.25) is 5.88 Å². The smallest absolute Gasteiger partial charge is 0.349 e. The van der Waals surface area contributed by atoms with E-state index in [-0.39, 0.29) is 18.2 Å². The van der Waals surface area contributed by atoms with Crippen molar-refractivity contribution in [1.82, 2.24) is 0 Å². The van der Waals surface area contributed by atoms with Crippen LogP contribution in [0.5, 0.6) is 23.0 Å². The van der Waals surface area contributed by atoms with E-state index >= 15 is 0 Å². The summed E-state index contributed by atoms with van der Waals surface area (Å²) in [6, 6.07) is 30.5. The highest BCUT2D eigenvalue weighted by molar-refractivity contribution is 5.74. The van der Waals surface area contributed by atoms with Gasteiger partial charge in [-0.2, -0.15) is 5.26 Å². The molecular formula is C34H30N2O5. The van der Waals surface area contributed by atoms with E-state index in [2.05, 4.69) is 25.1 Å². The summed E-state index contributed by atoms with van der Waals surface area (Å²) in [6.07, 6.45) is 0.924. The Kier molecular flexibility index (Phi) is 8.21. The summed E-state index contributed by atoms with van der Waals surface area (Å²) >= 11 is 0. The molecule has 4 aromatic rings. The molecular weight excluding hydrogens is 516 g/mol. The van der Waals surface area contributed by atoms with Gasteiger partial charge in [-0.1, -0.05) is 67.1 Å². The Morgan fingerprint density at radius 2 is 1.51 bits per heavy atom. The monoisotopic (exact) mass is 546 g/mol. The third-order valence-corrected chi connectivity index (χ3v) is 6.85. The first-order valence-corrected chi connectivity index (χ1v) is 13.4. The maximum absolute atomic E-state index is 12.4. The van der Waals surface area contributed by atoms with Crippen molar-refractivity contribution >= 4 is 5.97 Å². The maximum Gasteiger partial charge on any atom is 0.349 e. The van der Waals surface area contributed by atoms with E-state index in [4.69, 9.17) is 24.7 Å². The second kappa shape index (κ2) is 12.3. The molecule has 1 atom stereocenters. The van der Waals surface area contributed by atoms with Crippen LogP contribution in [0.4, 0.5) is 0 Å². The molecule has 1 heterocycles. The number of hydrogen-bond donors (Lipinski definition) is 1. The molecule has 7 heteroatoms. The van der Waals surface area contributed by atoms with Crippen molar-refractivity contribution in [3.63, 3.8) is 0 Å². The number of fused-ring (bicyclic) bond motifs is 1. The molecule has 2 N–H and O–H groups in total. The van der Waals surface area contributed by atoms with Crippen LogP contribution in [-0.4, -0.2) is 12.6 Å². The number of carbonyl (C=O) groups excluding carboxylic acids is 1. The second-order valence-electron chi connectivity index (χ2n) is 9.73. The lowest BCUT2D eigenvalue weighted by molar-refractivity contribution is -0.136. The molecule has 41 heavy (non-hydrogen) atoms. The summed E-state index contributed by atoms with van der Waals surface area (Å²) in [4.78, 5) is 12.4. The standard InChI is InChI=1S/C34H30N2O5/c1-3-23-8-12-26(13-9-23)39-21-32(37)40-28-16-17-29-31(18-28)41-34(36)30(19-35)33(29)25-10-14-27(15-11-25)38-20-24-6-4-22(2)5-7-24/h4-18,33H,3,20-21,36H2,1-2H3. The summed E-state index contributed by atoms with van der Waals surface area (Å²) < 4.78 is 22.7. The lowest BCUT2D eigenvalue weighted by Crippen LogP contribution is -2.21. The number of esters is 1. The van der Waals surface area contributed by atoms with E-state index in [1.807, 2.05) is 67.6 Å². The Bertz CT molecular complexity index is 1600. The molecule has 4 aromatic carbocycles. The number of hydrogen-bond acceptors (Lipinski definition) is 7. The molecule has 0 spiro atoms. The summed E-state index contributed by atoms with van der Waals surface area (Å²) in [7, 11) is 0. The third kappa shape index (κ3) is 6.51. The molecule has 1 aliphatic heterocycles. The number of carbonyl (C=O) groups is 1. The highest BCUT2D eigenvalue weighted by Gasteiger charge is 2.31. The predicted octanol–water partition coefficient (Wildman–Crippen LogP) is 6.34.